The van der Waals surface area contributed by atoms with Crippen LogP contribution >= 0.6 is 0 Å². The first-order chi connectivity index (χ1) is 29.4. The van der Waals surface area contributed by atoms with Gasteiger partial charge in [0.2, 0.25) is 11.6 Å². The van der Waals surface area contributed by atoms with Crippen LogP contribution in [-0.2, 0) is 24.0 Å². The highest BCUT2D eigenvalue weighted by atomic mass is 16.4. The number of rotatable bonds is 5. The fourth-order valence-corrected chi connectivity index (χ4v) is 10.8. The number of aliphatic hydroxyl groups is 8. The van der Waals surface area contributed by atoms with E-state index >= 15 is 0 Å². The van der Waals surface area contributed by atoms with Gasteiger partial charge in [-0.25, -0.2) is 0 Å². The van der Waals surface area contributed by atoms with Gasteiger partial charge in [-0.3, -0.25) is 33.6 Å². The monoisotopic (exact) mass is 874 g/mol. The van der Waals surface area contributed by atoms with E-state index in [4.69, 9.17) is 17.2 Å². The van der Waals surface area contributed by atoms with E-state index in [-0.39, 0.29) is 17.5 Å². The molecule has 12 atom stereocenters. The maximum absolute atomic E-state index is 14.3. The SMILES string of the molecule is CC[C@@H]1c2ccc(NC(=O)C3=C(O)[C@@H](N)[C@@H]4[C@@H](O)[C@H]5C(=C(O)[C@]4(O)C3=O)C(=O)c3c(O)cccc3[C@H]5C(=O)O)c(O)c2C(=O)C2=C(O)[C@]3(O)C(=O)C(C(N)=O)=C(O)[C@@H](N)[C@@H]3[C@@H](O)[C@@H]21. The Balaban J connectivity index is 1.20. The summed E-state index contributed by atoms with van der Waals surface area (Å²) >= 11 is 0. The minimum absolute atomic E-state index is 0.0148. The Morgan fingerprint density at radius 2 is 1.22 bits per heavy atom. The van der Waals surface area contributed by atoms with Crippen LogP contribution < -0.4 is 22.5 Å². The molecule has 0 heterocycles. The van der Waals surface area contributed by atoms with Crippen molar-refractivity contribution in [2.75, 3.05) is 5.32 Å². The number of carboxylic acids is 1. The van der Waals surface area contributed by atoms with Gasteiger partial charge in [-0.1, -0.05) is 25.1 Å². The van der Waals surface area contributed by atoms with Gasteiger partial charge in [-0.05, 0) is 35.6 Å². The molecule has 22 heteroatoms. The molecule has 6 aliphatic rings. The first-order valence-corrected chi connectivity index (χ1v) is 19.2. The van der Waals surface area contributed by atoms with E-state index < -0.39 is 186 Å². The fraction of sp³-hybridized carbons (Fsp3) is 0.341. The molecule has 2 aromatic rings. The Hall–Kier alpha value is -6.95. The minimum atomic E-state index is -3.51. The van der Waals surface area contributed by atoms with Crippen LogP contribution in [0, 0.1) is 23.7 Å². The number of benzene rings is 2. The number of carboxylic acid groups (broad SMARTS) is 1. The normalized spacial score (nSPS) is 34.7. The molecule has 22 nitrogen and oxygen atoms in total. The summed E-state index contributed by atoms with van der Waals surface area (Å²) in [5, 5.41) is 127. The number of fused-ring (bicyclic) bond motifs is 6. The Kier molecular flexibility index (Phi) is 9.34. The molecule has 0 radical (unpaired) electrons. The molecule has 8 rings (SSSR count). The summed E-state index contributed by atoms with van der Waals surface area (Å²) in [7, 11) is 0. The van der Waals surface area contributed by atoms with Crippen LogP contribution in [-0.4, -0.2) is 133 Å². The van der Waals surface area contributed by atoms with E-state index in [1.165, 1.54) is 18.2 Å². The summed E-state index contributed by atoms with van der Waals surface area (Å²) in [6.45, 7) is 1.57. The fourth-order valence-electron chi connectivity index (χ4n) is 10.8. The zero-order valence-corrected chi connectivity index (χ0v) is 32.4. The number of hydrogen-bond acceptors (Lipinski definition) is 19. The summed E-state index contributed by atoms with van der Waals surface area (Å²) in [5.74, 6) is -28.6. The predicted molar refractivity (Wildman–Crippen MR) is 207 cm³/mol. The van der Waals surface area contributed by atoms with Crippen molar-refractivity contribution in [1.82, 2.24) is 0 Å². The third-order valence-electron chi connectivity index (χ3n) is 13.6. The molecule has 2 aromatic carbocycles. The number of anilines is 1. The van der Waals surface area contributed by atoms with Crippen molar-refractivity contribution in [3.05, 3.63) is 97.9 Å². The second-order valence-electron chi connectivity index (χ2n) is 16.3. The number of aromatic hydroxyl groups is 2. The quantitative estimate of drug-likeness (QED) is 0.114. The number of hydrogen-bond donors (Lipinski definition) is 15. The number of amides is 2. The highest BCUT2D eigenvalue weighted by molar-refractivity contribution is 6.29. The van der Waals surface area contributed by atoms with Crippen molar-refractivity contribution in [2.45, 2.75) is 60.7 Å². The molecule has 2 amide bonds. The van der Waals surface area contributed by atoms with Gasteiger partial charge in [-0.2, -0.15) is 0 Å². The van der Waals surface area contributed by atoms with Gasteiger partial charge in [0.05, 0.1) is 58.9 Å². The second kappa shape index (κ2) is 13.8. The molecule has 63 heavy (non-hydrogen) atoms. The zero-order chi connectivity index (χ0) is 46.4. The molecule has 330 valence electrons. The molecule has 0 unspecified atom stereocenters. The Morgan fingerprint density at radius 1 is 0.714 bits per heavy atom. The molecule has 6 aliphatic carbocycles. The smallest absolute Gasteiger partial charge is 0.311 e. The molecule has 18 N–H and O–H groups in total. The lowest BCUT2D eigenvalue weighted by molar-refractivity contribution is -0.159. The average Bonchev–Trinajstić information content (AvgIpc) is 3.21. The lowest BCUT2D eigenvalue weighted by Gasteiger charge is -2.52. The Bertz CT molecular complexity index is 2720. The van der Waals surface area contributed by atoms with E-state index in [1.54, 1.807) is 6.92 Å². The van der Waals surface area contributed by atoms with Crippen LogP contribution in [0.2, 0.25) is 0 Å². The van der Waals surface area contributed by atoms with Crippen LogP contribution in [0.25, 0.3) is 0 Å². The Labute approximate surface area is 352 Å². The molecular weight excluding hydrogens is 836 g/mol. The summed E-state index contributed by atoms with van der Waals surface area (Å²) < 4.78 is 0. The number of Topliss-reactive ketones (excluding diaryl/α,β-unsaturated/α-hetero) is 4. The summed E-state index contributed by atoms with van der Waals surface area (Å²) in [4.78, 5) is 94.7. The summed E-state index contributed by atoms with van der Waals surface area (Å²) in [6, 6.07) is 1.59. The number of ketones is 4. The molecule has 0 spiro atoms. The van der Waals surface area contributed by atoms with Gasteiger partial charge in [0.1, 0.15) is 39.9 Å². The predicted octanol–water partition coefficient (Wildman–Crippen LogP) is -1.98. The number of aliphatic carboxylic acids is 1. The van der Waals surface area contributed by atoms with Crippen molar-refractivity contribution in [3.8, 4) is 11.5 Å². The van der Waals surface area contributed by atoms with Crippen molar-refractivity contribution >= 4 is 46.6 Å². The molecule has 0 saturated carbocycles. The van der Waals surface area contributed by atoms with Crippen molar-refractivity contribution in [2.24, 2.45) is 40.9 Å². The van der Waals surface area contributed by atoms with E-state index in [1.807, 2.05) is 0 Å². The number of nitrogens with one attached hydrogen (secondary N) is 1. The van der Waals surface area contributed by atoms with Gasteiger partial charge in [0, 0.05) is 23.0 Å². The average molecular weight is 875 g/mol. The minimum Gasteiger partial charge on any atom is -0.510 e. The van der Waals surface area contributed by atoms with Crippen LogP contribution in [0.5, 0.6) is 11.5 Å². The third-order valence-corrected chi connectivity index (χ3v) is 13.6. The number of primary amides is 1. The van der Waals surface area contributed by atoms with Gasteiger partial charge in [-0.15, -0.1) is 0 Å². The van der Waals surface area contributed by atoms with E-state index in [0.29, 0.717) is 0 Å². The lowest BCUT2D eigenvalue weighted by Crippen LogP contribution is -2.68. The van der Waals surface area contributed by atoms with E-state index in [2.05, 4.69) is 5.32 Å². The number of phenols is 2. The summed E-state index contributed by atoms with van der Waals surface area (Å²) in [5.41, 5.74) is 4.00. The number of phenolic OH excluding ortho intramolecular Hbond substituents is 2. The molecular formula is C41H38N4O18. The van der Waals surface area contributed by atoms with Crippen molar-refractivity contribution < 1.29 is 89.7 Å². The highest BCUT2D eigenvalue weighted by Gasteiger charge is 2.69. The van der Waals surface area contributed by atoms with Gasteiger partial charge >= 0.3 is 5.97 Å². The lowest BCUT2D eigenvalue weighted by atomic mass is 9.55. The molecule has 0 bridgehead atoms. The maximum atomic E-state index is 14.3. The summed E-state index contributed by atoms with van der Waals surface area (Å²) in [6.07, 6.45) is -4.25. The highest BCUT2D eigenvalue weighted by Crippen LogP contribution is 2.58. The Morgan fingerprint density at radius 3 is 1.76 bits per heavy atom. The van der Waals surface area contributed by atoms with Crippen molar-refractivity contribution in [1.29, 1.82) is 0 Å². The standard InChI is InChI=1S/C41H38N4O18/c1-2-8-9-6-7-11(26(47)16(9)28(49)18-14(8)29(50)22-24(42)31(52)20(37(44)58)35(56)40(22,62)33(18)54)45-38(59)21-32(53)25(43)23-30(51)17-15(39(60)61)10-4-3-5-12(46)13(10)27(48)19(17)34(55)41(23,63)36(21)57/h3-8,14-15,17,22-25,29-30,46-47,50-55,62-63H,2,42-43H2,1H3,(H2,44,58)(H,45,59)(H,60,61)/t8-,14-,15-,17-,22-,23-,24+,25+,29+,30+,40+,41+/m1/s1. The maximum Gasteiger partial charge on any atom is 0.311 e. The van der Waals surface area contributed by atoms with Crippen molar-refractivity contribution in [3.63, 3.8) is 0 Å². The number of aliphatic hydroxyl groups excluding tert-OH is 6. The van der Waals surface area contributed by atoms with Crippen LogP contribution in [0.1, 0.15) is 57.0 Å². The first kappa shape index (κ1) is 42.7. The molecule has 0 aromatic heterocycles. The first-order valence-electron chi connectivity index (χ1n) is 19.2. The molecule has 0 fully saturated rings. The zero-order valence-electron chi connectivity index (χ0n) is 32.4. The van der Waals surface area contributed by atoms with Gasteiger partial charge in [0.25, 0.3) is 11.8 Å². The molecule has 0 saturated heterocycles. The molecule has 0 aliphatic heterocycles. The van der Waals surface area contributed by atoms with Crippen LogP contribution in [0.3, 0.4) is 0 Å². The topological polar surface area (TPSA) is 432 Å². The van der Waals surface area contributed by atoms with Crippen LogP contribution in [0.4, 0.5) is 5.69 Å². The largest absolute Gasteiger partial charge is 0.510 e. The number of nitrogens with two attached hydrogens (primary N) is 3. The third kappa shape index (κ3) is 5.11. The van der Waals surface area contributed by atoms with E-state index in [9.17, 15) is 89.7 Å². The number of carbonyl (C=O) groups is 7. The van der Waals surface area contributed by atoms with Gasteiger partial charge < -0.3 is 78.7 Å². The van der Waals surface area contributed by atoms with Crippen LogP contribution in [0.15, 0.2) is 75.7 Å². The van der Waals surface area contributed by atoms with E-state index in [0.717, 1.165) is 12.1 Å². The van der Waals surface area contributed by atoms with Gasteiger partial charge in [0.15, 0.2) is 28.5 Å². The second-order valence-corrected chi connectivity index (χ2v) is 16.3. The number of carbonyl (C=O) groups excluding carboxylic acids is 6.